The molecular formula is C9H14O2. The molecule has 0 aromatic heterocycles. The molecule has 11 heavy (non-hydrogen) atoms. The number of unbranched alkanes of at least 4 members (excludes halogenated alkanes) is 2. The van der Waals surface area contributed by atoms with Crippen molar-refractivity contribution >= 4 is 0 Å². The first-order valence-corrected chi connectivity index (χ1v) is 4.06. The van der Waals surface area contributed by atoms with Gasteiger partial charge in [0.25, 0.3) is 6.29 Å². The van der Waals surface area contributed by atoms with E-state index in [2.05, 4.69) is 13.0 Å². The van der Waals surface area contributed by atoms with Gasteiger partial charge in [0.2, 0.25) is 0 Å². The Bertz CT molecular complexity index is 142. The van der Waals surface area contributed by atoms with Crippen LogP contribution in [-0.4, -0.2) is 6.29 Å². The van der Waals surface area contributed by atoms with Gasteiger partial charge in [-0.1, -0.05) is 25.8 Å². The SMILES string of the molecule is CCCC/C=C/C1OC=CO1. The van der Waals surface area contributed by atoms with Gasteiger partial charge in [-0.15, -0.1) is 0 Å². The van der Waals surface area contributed by atoms with Crippen LogP contribution in [0.25, 0.3) is 0 Å². The van der Waals surface area contributed by atoms with Crippen LogP contribution >= 0.6 is 0 Å². The third-order valence-electron chi connectivity index (χ3n) is 1.50. The summed E-state index contributed by atoms with van der Waals surface area (Å²) in [6, 6.07) is 0. The van der Waals surface area contributed by atoms with E-state index in [1.165, 1.54) is 12.8 Å². The summed E-state index contributed by atoms with van der Waals surface area (Å²) in [5, 5.41) is 0. The van der Waals surface area contributed by atoms with Crippen LogP contribution in [0.5, 0.6) is 0 Å². The van der Waals surface area contributed by atoms with Crippen molar-refractivity contribution in [1.29, 1.82) is 0 Å². The summed E-state index contributed by atoms with van der Waals surface area (Å²) in [4.78, 5) is 0. The van der Waals surface area contributed by atoms with E-state index in [4.69, 9.17) is 9.47 Å². The zero-order chi connectivity index (χ0) is 7.94. The predicted molar refractivity (Wildman–Crippen MR) is 43.8 cm³/mol. The Kier molecular flexibility index (Phi) is 3.59. The lowest BCUT2D eigenvalue weighted by atomic mass is 10.2. The summed E-state index contributed by atoms with van der Waals surface area (Å²) in [5.74, 6) is 0. The van der Waals surface area contributed by atoms with Crippen molar-refractivity contribution in [2.24, 2.45) is 0 Å². The van der Waals surface area contributed by atoms with Crippen LogP contribution in [0.4, 0.5) is 0 Å². The van der Waals surface area contributed by atoms with Crippen LogP contribution in [0.2, 0.25) is 0 Å². The Morgan fingerprint density at radius 2 is 2.09 bits per heavy atom. The summed E-state index contributed by atoms with van der Waals surface area (Å²) in [7, 11) is 0. The zero-order valence-electron chi connectivity index (χ0n) is 6.82. The van der Waals surface area contributed by atoms with Crippen molar-refractivity contribution in [3.8, 4) is 0 Å². The van der Waals surface area contributed by atoms with E-state index >= 15 is 0 Å². The minimum atomic E-state index is -0.174. The molecular weight excluding hydrogens is 140 g/mol. The number of hydrogen-bond donors (Lipinski definition) is 0. The van der Waals surface area contributed by atoms with Gasteiger partial charge in [-0.3, -0.25) is 0 Å². The summed E-state index contributed by atoms with van der Waals surface area (Å²) in [5.41, 5.74) is 0. The van der Waals surface area contributed by atoms with Gasteiger partial charge in [0.1, 0.15) is 12.5 Å². The van der Waals surface area contributed by atoms with Gasteiger partial charge >= 0.3 is 0 Å². The van der Waals surface area contributed by atoms with Crippen LogP contribution in [0.1, 0.15) is 26.2 Å². The third-order valence-corrected chi connectivity index (χ3v) is 1.50. The molecule has 0 N–H and O–H groups in total. The molecule has 0 aromatic rings. The fraction of sp³-hybridized carbons (Fsp3) is 0.556. The van der Waals surface area contributed by atoms with Crippen LogP contribution < -0.4 is 0 Å². The van der Waals surface area contributed by atoms with E-state index in [9.17, 15) is 0 Å². The molecule has 1 aliphatic heterocycles. The fourth-order valence-electron chi connectivity index (χ4n) is 0.871. The molecule has 1 heterocycles. The van der Waals surface area contributed by atoms with Crippen molar-refractivity contribution < 1.29 is 9.47 Å². The third kappa shape index (κ3) is 3.12. The van der Waals surface area contributed by atoms with Gasteiger partial charge < -0.3 is 9.47 Å². The van der Waals surface area contributed by atoms with E-state index in [1.54, 1.807) is 12.5 Å². The second kappa shape index (κ2) is 4.83. The van der Waals surface area contributed by atoms with Crippen LogP contribution in [0.15, 0.2) is 24.7 Å². The molecule has 62 valence electrons. The smallest absolute Gasteiger partial charge is 0.259 e. The predicted octanol–water partition coefficient (Wildman–Crippen LogP) is 2.58. The molecule has 0 radical (unpaired) electrons. The lowest BCUT2D eigenvalue weighted by Gasteiger charge is -2.02. The van der Waals surface area contributed by atoms with Crippen molar-refractivity contribution in [2.75, 3.05) is 0 Å². The first kappa shape index (κ1) is 8.18. The highest BCUT2D eigenvalue weighted by atomic mass is 16.7. The molecule has 0 saturated heterocycles. The van der Waals surface area contributed by atoms with Gasteiger partial charge in [0, 0.05) is 0 Å². The maximum atomic E-state index is 5.04. The highest BCUT2D eigenvalue weighted by Gasteiger charge is 2.05. The Morgan fingerprint density at radius 3 is 2.73 bits per heavy atom. The second-order valence-corrected chi connectivity index (χ2v) is 2.48. The van der Waals surface area contributed by atoms with Gasteiger partial charge in [-0.25, -0.2) is 0 Å². The maximum absolute atomic E-state index is 5.04. The second-order valence-electron chi connectivity index (χ2n) is 2.48. The summed E-state index contributed by atoms with van der Waals surface area (Å²) >= 11 is 0. The van der Waals surface area contributed by atoms with Crippen molar-refractivity contribution in [2.45, 2.75) is 32.5 Å². The molecule has 0 fully saturated rings. The van der Waals surface area contributed by atoms with Crippen molar-refractivity contribution in [1.82, 2.24) is 0 Å². The Morgan fingerprint density at radius 1 is 1.36 bits per heavy atom. The minimum Gasteiger partial charge on any atom is -0.456 e. The number of hydrogen-bond acceptors (Lipinski definition) is 2. The first-order chi connectivity index (χ1) is 5.43. The van der Waals surface area contributed by atoms with Crippen LogP contribution in [0, 0.1) is 0 Å². The number of allylic oxidation sites excluding steroid dienone is 1. The fourth-order valence-corrected chi connectivity index (χ4v) is 0.871. The molecule has 0 spiro atoms. The molecule has 0 amide bonds. The summed E-state index contributed by atoms with van der Waals surface area (Å²) < 4.78 is 10.1. The topological polar surface area (TPSA) is 18.5 Å². The van der Waals surface area contributed by atoms with Crippen molar-refractivity contribution in [3.05, 3.63) is 24.7 Å². The van der Waals surface area contributed by atoms with E-state index in [0.29, 0.717) is 0 Å². The standard InChI is InChI=1S/C9H14O2/c1-2-3-4-5-6-9-10-7-8-11-9/h5-9H,2-4H2,1H3/b6-5+. The Balaban J connectivity index is 2.04. The highest BCUT2D eigenvalue weighted by molar-refractivity contribution is 4.89. The van der Waals surface area contributed by atoms with E-state index < -0.39 is 0 Å². The molecule has 0 bridgehead atoms. The largest absolute Gasteiger partial charge is 0.456 e. The van der Waals surface area contributed by atoms with E-state index in [-0.39, 0.29) is 6.29 Å². The van der Waals surface area contributed by atoms with Gasteiger partial charge in [-0.05, 0) is 12.5 Å². The minimum absolute atomic E-state index is 0.174. The molecule has 1 rings (SSSR count). The number of ether oxygens (including phenoxy) is 2. The van der Waals surface area contributed by atoms with Crippen molar-refractivity contribution in [3.63, 3.8) is 0 Å². The van der Waals surface area contributed by atoms with E-state index in [0.717, 1.165) is 6.42 Å². The van der Waals surface area contributed by atoms with E-state index in [1.807, 2.05) is 6.08 Å². The Hall–Kier alpha value is -0.920. The Labute approximate surface area is 67.5 Å². The molecule has 1 aliphatic rings. The molecule has 2 nitrogen and oxygen atoms in total. The molecule has 0 aromatic carbocycles. The lowest BCUT2D eigenvalue weighted by Crippen LogP contribution is -2.01. The summed E-state index contributed by atoms with van der Waals surface area (Å²) in [6.45, 7) is 2.18. The monoisotopic (exact) mass is 154 g/mol. The molecule has 0 saturated carbocycles. The van der Waals surface area contributed by atoms with Crippen LogP contribution in [0.3, 0.4) is 0 Å². The van der Waals surface area contributed by atoms with Crippen LogP contribution in [-0.2, 0) is 9.47 Å². The quantitative estimate of drug-likeness (QED) is 0.457. The van der Waals surface area contributed by atoms with Gasteiger partial charge in [0.15, 0.2) is 0 Å². The van der Waals surface area contributed by atoms with Gasteiger partial charge in [-0.2, -0.15) is 0 Å². The lowest BCUT2D eigenvalue weighted by molar-refractivity contribution is 0.0189. The molecule has 2 heteroatoms. The molecule has 0 atom stereocenters. The normalized spacial score (nSPS) is 17.2. The molecule has 0 unspecified atom stereocenters. The maximum Gasteiger partial charge on any atom is 0.259 e. The average Bonchev–Trinajstić information content (AvgIpc) is 2.50. The highest BCUT2D eigenvalue weighted by Crippen LogP contribution is 2.07. The summed E-state index contributed by atoms with van der Waals surface area (Å²) in [6.07, 6.45) is 10.6. The zero-order valence-corrected chi connectivity index (χ0v) is 6.82. The average molecular weight is 154 g/mol. The van der Waals surface area contributed by atoms with Gasteiger partial charge in [0.05, 0.1) is 0 Å². The molecule has 0 aliphatic carbocycles. The first-order valence-electron chi connectivity index (χ1n) is 4.06. The number of rotatable bonds is 4.